The minimum absolute atomic E-state index is 0.143. The fourth-order valence-corrected chi connectivity index (χ4v) is 1.84. The first kappa shape index (κ1) is 14.1. The van der Waals surface area contributed by atoms with E-state index in [0.717, 1.165) is 11.3 Å². The van der Waals surface area contributed by atoms with Crippen LogP contribution in [-0.4, -0.2) is 11.0 Å². The number of oxazole rings is 1. The number of urea groups is 1. The summed E-state index contributed by atoms with van der Waals surface area (Å²) in [6.07, 6.45) is 1.70. The highest BCUT2D eigenvalue weighted by Crippen LogP contribution is 2.16. The third-order valence-corrected chi connectivity index (χ3v) is 2.91. The molecule has 2 aromatic rings. The Morgan fingerprint density at radius 1 is 1.40 bits per heavy atom. The molecule has 6 heteroatoms. The Bertz CT molecular complexity index is 577. The number of rotatable bonds is 5. The number of hydrogen-bond acceptors (Lipinski definition) is 4. The van der Waals surface area contributed by atoms with Crippen molar-refractivity contribution in [1.82, 2.24) is 10.3 Å². The van der Waals surface area contributed by atoms with Crippen LogP contribution in [0.4, 0.5) is 10.5 Å². The van der Waals surface area contributed by atoms with Gasteiger partial charge in [0.05, 0.1) is 12.7 Å². The van der Waals surface area contributed by atoms with Crippen molar-refractivity contribution in [1.29, 1.82) is 0 Å². The van der Waals surface area contributed by atoms with Gasteiger partial charge in [-0.05, 0) is 31.5 Å². The fourth-order valence-electron chi connectivity index (χ4n) is 1.84. The normalized spacial score (nSPS) is 12.1. The van der Waals surface area contributed by atoms with E-state index in [2.05, 4.69) is 15.6 Å². The molecule has 1 unspecified atom stereocenters. The zero-order valence-corrected chi connectivity index (χ0v) is 11.5. The number of nitrogens with one attached hydrogen (secondary N) is 2. The highest BCUT2D eigenvalue weighted by molar-refractivity contribution is 5.87. The number of carbonyl (C=O) groups is 1. The van der Waals surface area contributed by atoms with E-state index >= 15 is 0 Å². The topological polar surface area (TPSA) is 93.2 Å². The van der Waals surface area contributed by atoms with Crippen LogP contribution in [0, 0.1) is 6.92 Å². The number of benzene rings is 1. The van der Waals surface area contributed by atoms with E-state index in [4.69, 9.17) is 10.2 Å². The maximum Gasteiger partial charge on any atom is 0.316 e. The van der Waals surface area contributed by atoms with E-state index in [9.17, 15) is 4.79 Å². The van der Waals surface area contributed by atoms with Crippen molar-refractivity contribution in [3.8, 4) is 0 Å². The second-order valence-corrected chi connectivity index (χ2v) is 4.58. The van der Waals surface area contributed by atoms with Crippen LogP contribution in [0.25, 0.3) is 0 Å². The third-order valence-electron chi connectivity index (χ3n) is 2.91. The molecule has 1 atom stereocenters. The van der Waals surface area contributed by atoms with Gasteiger partial charge < -0.3 is 20.8 Å². The predicted octanol–water partition coefficient (Wildman–Crippen LogP) is 2.32. The van der Waals surface area contributed by atoms with E-state index in [1.807, 2.05) is 38.1 Å². The summed E-state index contributed by atoms with van der Waals surface area (Å²) in [5, 5.41) is 5.85. The molecule has 1 aromatic carbocycles. The number of anilines is 1. The Hall–Kier alpha value is -2.34. The molecule has 1 aromatic heterocycles. The van der Waals surface area contributed by atoms with E-state index in [1.54, 1.807) is 6.20 Å². The van der Waals surface area contributed by atoms with E-state index in [1.165, 1.54) is 0 Å². The zero-order chi connectivity index (χ0) is 14.5. The number of primary amides is 1. The van der Waals surface area contributed by atoms with Gasteiger partial charge in [0.2, 0.25) is 5.89 Å². The van der Waals surface area contributed by atoms with E-state index in [-0.39, 0.29) is 6.04 Å². The number of hydrogen-bond donors (Lipinski definition) is 3. The lowest BCUT2D eigenvalue weighted by molar-refractivity contribution is 0.259. The first-order valence-electron chi connectivity index (χ1n) is 6.35. The molecule has 0 aliphatic rings. The van der Waals surface area contributed by atoms with E-state index in [0.29, 0.717) is 18.1 Å². The number of nitrogens with zero attached hydrogens (tertiary/aromatic N) is 1. The molecule has 20 heavy (non-hydrogen) atoms. The van der Waals surface area contributed by atoms with Crippen molar-refractivity contribution in [3.63, 3.8) is 0 Å². The predicted molar refractivity (Wildman–Crippen MR) is 76.1 cm³/mol. The van der Waals surface area contributed by atoms with Crippen molar-refractivity contribution in [2.24, 2.45) is 5.73 Å². The Morgan fingerprint density at radius 3 is 2.65 bits per heavy atom. The largest absolute Gasteiger partial charge is 0.445 e. The first-order chi connectivity index (χ1) is 9.54. The van der Waals surface area contributed by atoms with Crippen molar-refractivity contribution in [3.05, 3.63) is 47.7 Å². The van der Waals surface area contributed by atoms with Gasteiger partial charge in [0.25, 0.3) is 0 Å². The van der Waals surface area contributed by atoms with E-state index < -0.39 is 6.03 Å². The molecule has 0 fully saturated rings. The maximum absolute atomic E-state index is 10.7. The molecule has 0 saturated carbocycles. The summed E-state index contributed by atoms with van der Waals surface area (Å²) in [6, 6.07) is 7.07. The SMILES string of the molecule is Cc1cnc(CNC(C)c2ccc(NC(N)=O)cc2)o1. The van der Waals surface area contributed by atoms with Crippen molar-refractivity contribution in [2.75, 3.05) is 5.32 Å². The quantitative estimate of drug-likeness (QED) is 0.780. The summed E-state index contributed by atoms with van der Waals surface area (Å²) in [5.74, 6) is 1.47. The molecular formula is C14H18N4O2. The van der Waals surface area contributed by atoms with Crippen LogP contribution in [0.15, 0.2) is 34.9 Å². The molecule has 0 aliphatic heterocycles. The highest BCUT2D eigenvalue weighted by atomic mass is 16.4. The molecule has 0 radical (unpaired) electrons. The van der Waals surface area contributed by atoms with Gasteiger partial charge in [-0.2, -0.15) is 0 Å². The monoisotopic (exact) mass is 274 g/mol. The lowest BCUT2D eigenvalue weighted by atomic mass is 10.1. The summed E-state index contributed by atoms with van der Waals surface area (Å²) >= 11 is 0. The molecule has 0 aliphatic carbocycles. The van der Waals surface area contributed by atoms with Crippen molar-refractivity contribution >= 4 is 11.7 Å². The summed E-state index contributed by atoms with van der Waals surface area (Å²) < 4.78 is 5.40. The second-order valence-electron chi connectivity index (χ2n) is 4.58. The van der Waals surface area contributed by atoms with Gasteiger partial charge in [-0.15, -0.1) is 0 Å². The van der Waals surface area contributed by atoms with Crippen molar-refractivity contribution in [2.45, 2.75) is 26.4 Å². The van der Waals surface area contributed by atoms with Crippen LogP contribution < -0.4 is 16.4 Å². The lowest BCUT2D eigenvalue weighted by Crippen LogP contribution is -2.20. The summed E-state index contributed by atoms with van der Waals surface area (Å²) in [4.78, 5) is 14.9. The third kappa shape index (κ3) is 3.83. The van der Waals surface area contributed by atoms with Crippen LogP contribution in [-0.2, 0) is 6.54 Å². The number of carbonyl (C=O) groups excluding carboxylic acids is 1. The average Bonchev–Trinajstić information content (AvgIpc) is 2.82. The first-order valence-corrected chi connectivity index (χ1v) is 6.35. The molecule has 0 saturated heterocycles. The van der Waals surface area contributed by atoms with Crippen LogP contribution in [0.2, 0.25) is 0 Å². The molecule has 106 valence electrons. The highest BCUT2D eigenvalue weighted by Gasteiger charge is 2.07. The van der Waals surface area contributed by atoms with Gasteiger partial charge in [-0.3, -0.25) is 0 Å². The molecular weight excluding hydrogens is 256 g/mol. The Morgan fingerprint density at radius 2 is 2.10 bits per heavy atom. The molecule has 2 rings (SSSR count). The van der Waals surface area contributed by atoms with Gasteiger partial charge >= 0.3 is 6.03 Å². The lowest BCUT2D eigenvalue weighted by Gasteiger charge is -2.13. The van der Waals surface area contributed by atoms with Gasteiger partial charge in [0.1, 0.15) is 5.76 Å². The summed E-state index contributed by atoms with van der Waals surface area (Å²) in [5.41, 5.74) is 6.83. The van der Waals surface area contributed by atoms with Gasteiger partial charge in [0.15, 0.2) is 0 Å². The molecule has 0 bridgehead atoms. The summed E-state index contributed by atoms with van der Waals surface area (Å²) in [7, 11) is 0. The number of amides is 2. The van der Waals surface area contributed by atoms with Gasteiger partial charge in [0, 0.05) is 11.7 Å². The molecule has 2 amide bonds. The Balaban J connectivity index is 1.91. The maximum atomic E-state index is 10.7. The minimum atomic E-state index is -0.566. The standard InChI is InChI=1S/C14H18N4O2/c1-9-7-17-13(20-9)8-16-10(2)11-3-5-12(6-4-11)18-14(15)19/h3-7,10,16H,8H2,1-2H3,(H3,15,18,19). The number of aromatic nitrogens is 1. The van der Waals surface area contributed by atoms with Crippen LogP contribution >= 0.6 is 0 Å². The molecule has 6 nitrogen and oxygen atoms in total. The Labute approximate surface area is 117 Å². The average molecular weight is 274 g/mol. The van der Waals surface area contributed by atoms with Gasteiger partial charge in [-0.25, -0.2) is 9.78 Å². The smallest absolute Gasteiger partial charge is 0.316 e. The number of aryl methyl sites for hydroxylation is 1. The fraction of sp³-hybridized carbons (Fsp3) is 0.286. The van der Waals surface area contributed by atoms with Crippen LogP contribution in [0.1, 0.15) is 30.2 Å². The Kier molecular flexibility index (Phi) is 4.37. The van der Waals surface area contributed by atoms with Crippen LogP contribution in [0.5, 0.6) is 0 Å². The minimum Gasteiger partial charge on any atom is -0.445 e. The summed E-state index contributed by atoms with van der Waals surface area (Å²) in [6.45, 7) is 4.48. The molecule has 0 spiro atoms. The van der Waals surface area contributed by atoms with Crippen molar-refractivity contribution < 1.29 is 9.21 Å². The second kappa shape index (κ2) is 6.21. The molecule has 4 N–H and O–H groups in total. The molecule has 1 heterocycles. The van der Waals surface area contributed by atoms with Gasteiger partial charge in [-0.1, -0.05) is 12.1 Å². The van der Waals surface area contributed by atoms with Crippen LogP contribution in [0.3, 0.4) is 0 Å². The number of nitrogens with two attached hydrogens (primary N) is 1. The zero-order valence-electron chi connectivity index (χ0n) is 11.5.